The van der Waals surface area contributed by atoms with Gasteiger partial charge in [-0.05, 0) is 24.6 Å². The molecule has 0 N–H and O–H groups in total. The molecule has 0 fully saturated rings. The lowest BCUT2D eigenvalue weighted by Crippen LogP contribution is -1.66. The minimum atomic E-state index is 0.810. The van der Waals surface area contributed by atoms with E-state index in [1.807, 2.05) is 31.2 Å². The molecule has 0 spiro atoms. The molecule has 0 atom stereocenters. The molecule has 1 heteroatoms. The lowest BCUT2D eigenvalue weighted by Gasteiger charge is -1.88. The van der Waals surface area contributed by atoms with Crippen molar-refractivity contribution in [3.63, 3.8) is 0 Å². The Morgan fingerprint density at radius 3 is 2.09 bits per heavy atom. The van der Waals surface area contributed by atoms with Gasteiger partial charge in [0.05, 0.1) is 0 Å². The average Bonchev–Trinajstić information content (AvgIpc) is 1.88. The van der Waals surface area contributed by atoms with Gasteiger partial charge in [0.2, 0.25) is 0 Å². The van der Waals surface area contributed by atoms with E-state index in [2.05, 4.69) is 13.8 Å². The van der Waals surface area contributed by atoms with Gasteiger partial charge in [0, 0.05) is 5.02 Å². The highest BCUT2D eigenvalue weighted by molar-refractivity contribution is 6.30. The summed E-state index contributed by atoms with van der Waals surface area (Å²) in [6.45, 7) is 6.27. The topological polar surface area (TPSA) is 0 Å². The second kappa shape index (κ2) is 6.23. The van der Waals surface area contributed by atoms with E-state index in [0.717, 1.165) is 5.02 Å². The first kappa shape index (κ1) is 10.5. The molecule has 62 valence electrons. The van der Waals surface area contributed by atoms with E-state index < -0.39 is 0 Å². The van der Waals surface area contributed by atoms with Crippen molar-refractivity contribution in [1.82, 2.24) is 0 Å². The van der Waals surface area contributed by atoms with Gasteiger partial charge in [-0.3, -0.25) is 0 Å². The Morgan fingerprint density at radius 1 is 1.27 bits per heavy atom. The smallest absolute Gasteiger partial charge is 0.0408 e. The molecular weight excluding hydrogens is 156 g/mol. The second-order valence-electron chi connectivity index (χ2n) is 2.51. The number of aryl methyl sites for hydroxylation is 1. The Balaban J connectivity index is 0.000000292. The van der Waals surface area contributed by atoms with E-state index in [1.54, 1.807) is 0 Å². The fraction of sp³-hybridized carbons (Fsp3) is 0.400. The van der Waals surface area contributed by atoms with Crippen LogP contribution in [0.15, 0.2) is 24.3 Å². The summed E-state index contributed by atoms with van der Waals surface area (Å²) in [5.74, 6) is 0. The highest BCUT2D eigenvalue weighted by atomic mass is 35.5. The number of benzene rings is 1. The molecule has 0 aliphatic rings. The molecule has 0 heterocycles. The molecule has 0 aromatic heterocycles. The summed E-state index contributed by atoms with van der Waals surface area (Å²) in [5, 5.41) is 0.810. The summed E-state index contributed by atoms with van der Waals surface area (Å²) in [6, 6.07) is 7.76. The molecule has 0 unspecified atom stereocenters. The van der Waals surface area contributed by atoms with Crippen molar-refractivity contribution in [2.75, 3.05) is 0 Å². The molecule has 0 bridgehead atoms. The van der Waals surface area contributed by atoms with Crippen LogP contribution in [0.3, 0.4) is 0 Å². The van der Waals surface area contributed by atoms with Gasteiger partial charge in [-0.2, -0.15) is 0 Å². The predicted molar refractivity (Wildman–Crippen MR) is 52.2 cm³/mol. The zero-order chi connectivity index (χ0) is 8.69. The van der Waals surface area contributed by atoms with Gasteiger partial charge in [0.15, 0.2) is 0 Å². The Bertz CT molecular complexity index is 177. The third-order valence-electron chi connectivity index (χ3n) is 0.980. The molecular formula is C10H15Cl. The van der Waals surface area contributed by atoms with Crippen LogP contribution in [0.5, 0.6) is 0 Å². The summed E-state index contributed by atoms with van der Waals surface area (Å²) < 4.78 is 0. The van der Waals surface area contributed by atoms with Crippen LogP contribution in [-0.4, -0.2) is 0 Å². The van der Waals surface area contributed by atoms with Crippen LogP contribution >= 0.6 is 11.6 Å². The van der Waals surface area contributed by atoms with Crippen molar-refractivity contribution >= 4 is 11.6 Å². The van der Waals surface area contributed by atoms with E-state index >= 15 is 0 Å². The monoisotopic (exact) mass is 170 g/mol. The van der Waals surface area contributed by atoms with Crippen LogP contribution in [0, 0.1) is 6.92 Å². The standard InChI is InChI=1S/C7H7Cl.C3H8/c1-6-3-2-4-7(8)5-6;1-3-2/h2-5H,1H3;3H2,1-2H3. The Kier molecular flexibility index (Phi) is 5.96. The molecule has 0 amide bonds. The predicted octanol–water partition coefficient (Wildman–Crippen LogP) is 4.06. The van der Waals surface area contributed by atoms with Gasteiger partial charge in [-0.15, -0.1) is 0 Å². The third-order valence-corrected chi connectivity index (χ3v) is 1.22. The third kappa shape index (κ3) is 5.93. The quantitative estimate of drug-likeness (QED) is 0.551. The molecule has 11 heavy (non-hydrogen) atoms. The van der Waals surface area contributed by atoms with E-state index in [4.69, 9.17) is 11.6 Å². The Morgan fingerprint density at radius 2 is 1.82 bits per heavy atom. The van der Waals surface area contributed by atoms with Gasteiger partial charge in [0.25, 0.3) is 0 Å². The Labute approximate surface area is 74.2 Å². The van der Waals surface area contributed by atoms with Crippen LogP contribution < -0.4 is 0 Å². The molecule has 1 aromatic carbocycles. The lowest BCUT2D eigenvalue weighted by molar-refractivity contribution is 1.09. The number of rotatable bonds is 0. The van der Waals surface area contributed by atoms with E-state index in [9.17, 15) is 0 Å². The van der Waals surface area contributed by atoms with Gasteiger partial charge in [0.1, 0.15) is 0 Å². The van der Waals surface area contributed by atoms with Crippen LogP contribution in [-0.2, 0) is 0 Å². The van der Waals surface area contributed by atoms with Crippen LogP contribution in [0.2, 0.25) is 5.02 Å². The first-order valence-electron chi connectivity index (χ1n) is 3.92. The van der Waals surface area contributed by atoms with E-state index in [-0.39, 0.29) is 0 Å². The zero-order valence-electron chi connectivity index (χ0n) is 7.39. The molecule has 0 nitrogen and oxygen atoms in total. The number of hydrogen-bond acceptors (Lipinski definition) is 0. The Hall–Kier alpha value is -0.490. The molecule has 0 aliphatic heterocycles. The van der Waals surface area contributed by atoms with Crippen LogP contribution in [0.4, 0.5) is 0 Å². The van der Waals surface area contributed by atoms with Crippen molar-refractivity contribution in [3.05, 3.63) is 34.9 Å². The second-order valence-corrected chi connectivity index (χ2v) is 2.94. The number of hydrogen-bond donors (Lipinski definition) is 0. The van der Waals surface area contributed by atoms with E-state index in [1.165, 1.54) is 12.0 Å². The summed E-state index contributed by atoms with van der Waals surface area (Å²) in [6.07, 6.45) is 1.25. The van der Waals surface area contributed by atoms with Crippen molar-refractivity contribution in [2.45, 2.75) is 27.2 Å². The van der Waals surface area contributed by atoms with E-state index in [0.29, 0.717) is 0 Å². The maximum Gasteiger partial charge on any atom is 0.0408 e. The SMILES string of the molecule is CCC.Cc1cccc(Cl)c1. The average molecular weight is 171 g/mol. The molecule has 0 radical (unpaired) electrons. The van der Waals surface area contributed by atoms with Crippen LogP contribution in [0.25, 0.3) is 0 Å². The molecule has 1 aromatic rings. The summed E-state index contributed by atoms with van der Waals surface area (Å²) in [7, 11) is 0. The largest absolute Gasteiger partial charge is 0.0843 e. The summed E-state index contributed by atoms with van der Waals surface area (Å²) in [4.78, 5) is 0. The molecule has 0 saturated heterocycles. The normalized spacial score (nSPS) is 8.36. The molecule has 1 rings (SSSR count). The van der Waals surface area contributed by atoms with Crippen molar-refractivity contribution in [2.24, 2.45) is 0 Å². The molecule has 0 saturated carbocycles. The van der Waals surface area contributed by atoms with Gasteiger partial charge in [-0.1, -0.05) is 44.0 Å². The van der Waals surface area contributed by atoms with Crippen molar-refractivity contribution in [1.29, 1.82) is 0 Å². The van der Waals surface area contributed by atoms with Gasteiger partial charge < -0.3 is 0 Å². The first-order chi connectivity index (χ1) is 5.20. The highest BCUT2D eigenvalue weighted by Gasteiger charge is 1.82. The minimum absolute atomic E-state index is 0.810. The summed E-state index contributed by atoms with van der Waals surface area (Å²) in [5.41, 5.74) is 1.21. The first-order valence-corrected chi connectivity index (χ1v) is 4.30. The maximum absolute atomic E-state index is 5.64. The fourth-order valence-electron chi connectivity index (χ4n) is 0.606. The fourth-order valence-corrected chi connectivity index (χ4v) is 0.850. The van der Waals surface area contributed by atoms with Gasteiger partial charge in [-0.25, -0.2) is 0 Å². The van der Waals surface area contributed by atoms with Gasteiger partial charge >= 0.3 is 0 Å². The lowest BCUT2D eigenvalue weighted by atomic mass is 10.2. The zero-order valence-corrected chi connectivity index (χ0v) is 8.15. The van der Waals surface area contributed by atoms with Crippen molar-refractivity contribution in [3.8, 4) is 0 Å². The highest BCUT2D eigenvalue weighted by Crippen LogP contribution is 2.08. The summed E-state index contributed by atoms with van der Waals surface area (Å²) >= 11 is 5.64. The van der Waals surface area contributed by atoms with Crippen molar-refractivity contribution < 1.29 is 0 Å². The maximum atomic E-state index is 5.64. The minimum Gasteiger partial charge on any atom is -0.0843 e. The van der Waals surface area contributed by atoms with Crippen LogP contribution in [0.1, 0.15) is 25.8 Å². The number of halogens is 1. The molecule has 0 aliphatic carbocycles.